The molecule has 7 atom stereocenters. The molecule has 19 heavy (non-hydrogen) atoms. The van der Waals surface area contributed by atoms with Crippen molar-refractivity contribution in [2.24, 2.45) is 35.0 Å². The van der Waals surface area contributed by atoms with Gasteiger partial charge in [0.15, 0.2) is 0 Å². The van der Waals surface area contributed by atoms with E-state index in [0.29, 0.717) is 23.0 Å². The standard InChI is InChI=1S/C17H28O2/c1-10-12-8-9-17(3)14(11(2)18)5-6-15(17)13(12)4-7-16(10)19/h10-15,18H,4-9H2,1-3H3/t10-,11+,12+,13-,14-,15+,17-/m1/s1. The van der Waals surface area contributed by atoms with Crippen molar-refractivity contribution in [1.82, 2.24) is 0 Å². The third kappa shape index (κ3) is 1.90. The molecule has 3 saturated carbocycles. The first-order valence-corrected chi connectivity index (χ1v) is 8.16. The molecule has 0 spiro atoms. The molecule has 2 heteroatoms. The normalized spacial score (nSPS) is 51.6. The Labute approximate surface area is 117 Å². The Morgan fingerprint density at radius 1 is 1.21 bits per heavy atom. The van der Waals surface area contributed by atoms with Crippen molar-refractivity contribution in [3.05, 3.63) is 0 Å². The van der Waals surface area contributed by atoms with Gasteiger partial charge in [-0.15, -0.1) is 0 Å². The quantitative estimate of drug-likeness (QED) is 0.788. The highest BCUT2D eigenvalue weighted by Gasteiger charge is 2.56. The van der Waals surface area contributed by atoms with Crippen LogP contribution in [0.2, 0.25) is 0 Å². The van der Waals surface area contributed by atoms with Crippen LogP contribution in [-0.4, -0.2) is 17.0 Å². The van der Waals surface area contributed by atoms with E-state index in [9.17, 15) is 9.90 Å². The van der Waals surface area contributed by atoms with Crippen LogP contribution in [0.3, 0.4) is 0 Å². The van der Waals surface area contributed by atoms with Crippen molar-refractivity contribution in [2.75, 3.05) is 0 Å². The number of Topliss-reactive ketones (excluding diaryl/α,β-unsaturated/α-hetero) is 1. The van der Waals surface area contributed by atoms with Gasteiger partial charge in [-0.05, 0) is 68.1 Å². The Morgan fingerprint density at radius 2 is 1.95 bits per heavy atom. The van der Waals surface area contributed by atoms with E-state index < -0.39 is 0 Å². The second-order valence-corrected chi connectivity index (χ2v) is 7.70. The first-order chi connectivity index (χ1) is 8.95. The Bertz CT molecular complexity index is 375. The number of carbonyl (C=O) groups is 1. The van der Waals surface area contributed by atoms with Crippen molar-refractivity contribution >= 4 is 5.78 Å². The zero-order valence-corrected chi connectivity index (χ0v) is 12.6. The van der Waals surface area contributed by atoms with Gasteiger partial charge >= 0.3 is 0 Å². The van der Waals surface area contributed by atoms with Crippen LogP contribution in [0.25, 0.3) is 0 Å². The molecular formula is C17H28O2. The van der Waals surface area contributed by atoms with Crippen LogP contribution in [-0.2, 0) is 4.79 Å². The molecule has 3 aliphatic carbocycles. The highest BCUT2D eigenvalue weighted by atomic mass is 16.3. The lowest BCUT2D eigenvalue weighted by molar-refractivity contribution is -0.133. The third-order valence-electron chi connectivity index (χ3n) is 7.02. The van der Waals surface area contributed by atoms with Gasteiger partial charge in [-0.3, -0.25) is 4.79 Å². The zero-order chi connectivity index (χ0) is 13.8. The highest BCUT2D eigenvalue weighted by Crippen LogP contribution is 2.62. The predicted molar refractivity (Wildman–Crippen MR) is 75.6 cm³/mol. The summed E-state index contributed by atoms with van der Waals surface area (Å²) >= 11 is 0. The van der Waals surface area contributed by atoms with Crippen molar-refractivity contribution in [3.8, 4) is 0 Å². The molecule has 0 aromatic carbocycles. The molecule has 1 N–H and O–H groups in total. The summed E-state index contributed by atoms with van der Waals surface area (Å²) in [5.41, 5.74) is 0.329. The fraction of sp³-hybridized carbons (Fsp3) is 0.941. The van der Waals surface area contributed by atoms with E-state index in [0.717, 1.165) is 24.7 Å². The third-order valence-corrected chi connectivity index (χ3v) is 7.02. The molecule has 0 unspecified atom stereocenters. The Balaban J connectivity index is 1.86. The number of hydrogen-bond acceptors (Lipinski definition) is 2. The minimum atomic E-state index is -0.172. The van der Waals surface area contributed by atoms with Gasteiger partial charge in [-0.2, -0.15) is 0 Å². The van der Waals surface area contributed by atoms with E-state index in [1.54, 1.807) is 0 Å². The largest absolute Gasteiger partial charge is 0.393 e. The topological polar surface area (TPSA) is 37.3 Å². The highest BCUT2D eigenvalue weighted by molar-refractivity contribution is 5.81. The van der Waals surface area contributed by atoms with E-state index in [2.05, 4.69) is 13.8 Å². The molecule has 0 heterocycles. The lowest BCUT2D eigenvalue weighted by atomic mass is 9.52. The van der Waals surface area contributed by atoms with E-state index in [1.165, 1.54) is 25.7 Å². The number of aliphatic hydroxyl groups excluding tert-OH is 1. The molecule has 0 bridgehead atoms. The van der Waals surface area contributed by atoms with Gasteiger partial charge in [-0.1, -0.05) is 13.8 Å². The number of rotatable bonds is 1. The van der Waals surface area contributed by atoms with Gasteiger partial charge < -0.3 is 5.11 Å². The van der Waals surface area contributed by atoms with Crippen molar-refractivity contribution in [2.45, 2.75) is 65.4 Å². The summed E-state index contributed by atoms with van der Waals surface area (Å²) in [4.78, 5) is 12.0. The van der Waals surface area contributed by atoms with Gasteiger partial charge in [-0.25, -0.2) is 0 Å². The average molecular weight is 264 g/mol. The van der Waals surface area contributed by atoms with Gasteiger partial charge in [0.1, 0.15) is 5.78 Å². The van der Waals surface area contributed by atoms with Gasteiger partial charge in [0.25, 0.3) is 0 Å². The summed E-state index contributed by atoms with van der Waals surface area (Å²) < 4.78 is 0. The van der Waals surface area contributed by atoms with Crippen LogP contribution < -0.4 is 0 Å². The summed E-state index contributed by atoms with van der Waals surface area (Å²) in [5, 5.41) is 10.1. The van der Waals surface area contributed by atoms with Crippen molar-refractivity contribution in [1.29, 1.82) is 0 Å². The first kappa shape index (κ1) is 13.6. The zero-order valence-electron chi connectivity index (χ0n) is 12.6. The Kier molecular flexibility index (Phi) is 3.28. The lowest BCUT2D eigenvalue weighted by Crippen LogP contribution is -2.48. The molecule has 0 aromatic heterocycles. The molecule has 0 amide bonds. The fourth-order valence-corrected chi connectivity index (χ4v) is 5.96. The monoisotopic (exact) mass is 264 g/mol. The molecule has 0 aromatic rings. The maximum atomic E-state index is 12.0. The van der Waals surface area contributed by atoms with Gasteiger partial charge in [0.2, 0.25) is 0 Å². The first-order valence-electron chi connectivity index (χ1n) is 8.16. The van der Waals surface area contributed by atoms with E-state index >= 15 is 0 Å². The van der Waals surface area contributed by atoms with Gasteiger partial charge in [0, 0.05) is 12.3 Å². The van der Waals surface area contributed by atoms with Crippen molar-refractivity contribution in [3.63, 3.8) is 0 Å². The van der Waals surface area contributed by atoms with Crippen LogP contribution in [0.4, 0.5) is 0 Å². The van der Waals surface area contributed by atoms with Crippen LogP contribution in [0.15, 0.2) is 0 Å². The summed E-state index contributed by atoms with van der Waals surface area (Å²) in [6, 6.07) is 0. The second kappa shape index (κ2) is 4.58. The fourth-order valence-electron chi connectivity index (χ4n) is 5.96. The number of carbonyl (C=O) groups excluding carboxylic acids is 1. The average Bonchev–Trinajstić information content (AvgIpc) is 2.71. The van der Waals surface area contributed by atoms with E-state index in [-0.39, 0.29) is 12.0 Å². The summed E-state index contributed by atoms with van der Waals surface area (Å²) in [7, 11) is 0. The molecule has 3 fully saturated rings. The summed E-state index contributed by atoms with van der Waals surface area (Å²) in [6.07, 6.45) is 6.61. The van der Waals surface area contributed by atoms with Crippen LogP contribution in [0.1, 0.15) is 59.3 Å². The minimum Gasteiger partial charge on any atom is -0.393 e. The lowest BCUT2D eigenvalue weighted by Gasteiger charge is -2.52. The summed E-state index contributed by atoms with van der Waals surface area (Å²) in [5.74, 6) is 3.39. The second-order valence-electron chi connectivity index (χ2n) is 7.70. The number of ketones is 1. The molecule has 2 nitrogen and oxygen atoms in total. The number of hydrogen-bond donors (Lipinski definition) is 1. The smallest absolute Gasteiger partial charge is 0.135 e. The van der Waals surface area contributed by atoms with Gasteiger partial charge in [0.05, 0.1) is 6.10 Å². The molecular weight excluding hydrogens is 236 g/mol. The van der Waals surface area contributed by atoms with Crippen LogP contribution in [0, 0.1) is 35.0 Å². The SMILES string of the molecule is C[C@H](O)[C@H]1CC[C@H]2[C@@H]3CCC(=O)[C@H](C)[C@@H]3CC[C@]12C. The van der Waals surface area contributed by atoms with Crippen LogP contribution in [0.5, 0.6) is 0 Å². The minimum absolute atomic E-state index is 0.172. The molecule has 0 saturated heterocycles. The Morgan fingerprint density at radius 3 is 2.63 bits per heavy atom. The maximum absolute atomic E-state index is 12.0. The molecule has 0 aliphatic heterocycles. The van der Waals surface area contributed by atoms with E-state index in [1.807, 2.05) is 6.92 Å². The maximum Gasteiger partial charge on any atom is 0.135 e. The Hall–Kier alpha value is -0.370. The van der Waals surface area contributed by atoms with E-state index in [4.69, 9.17) is 0 Å². The number of aliphatic hydroxyl groups is 1. The van der Waals surface area contributed by atoms with Crippen LogP contribution >= 0.6 is 0 Å². The molecule has 108 valence electrons. The number of fused-ring (bicyclic) bond motifs is 3. The van der Waals surface area contributed by atoms with Crippen molar-refractivity contribution < 1.29 is 9.90 Å². The predicted octanol–water partition coefficient (Wildman–Crippen LogP) is 3.42. The molecule has 3 rings (SSSR count). The molecule has 0 radical (unpaired) electrons. The summed E-state index contributed by atoms with van der Waals surface area (Å²) in [6.45, 7) is 6.54. The molecule has 3 aliphatic rings.